The third-order valence-electron chi connectivity index (χ3n) is 2.66. The van der Waals surface area contributed by atoms with E-state index in [0.717, 1.165) is 4.88 Å². The number of hydrogen-bond acceptors (Lipinski definition) is 7. The number of hydrogen-bond donors (Lipinski definition) is 1. The molecular weight excluding hydrogens is 328 g/mol. The molecular formula is C12H13N4O4S2-. The van der Waals surface area contributed by atoms with E-state index in [0.29, 0.717) is 17.8 Å². The van der Waals surface area contributed by atoms with Crippen LogP contribution < -0.4 is 4.72 Å². The van der Waals surface area contributed by atoms with Gasteiger partial charge in [-0.3, -0.25) is 19.0 Å². The maximum Gasteiger partial charge on any atom is 0.270 e. The topological polar surface area (TPSA) is 111 Å². The highest BCUT2D eigenvalue weighted by molar-refractivity contribution is 7.80. The largest absolute Gasteiger partial charge is 0.755 e. The second kappa shape index (κ2) is 6.92. The fourth-order valence-corrected chi connectivity index (χ4v) is 3.37. The van der Waals surface area contributed by atoms with Crippen molar-refractivity contribution in [1.29, 1.82) is 0 Å². The summed E-state index contributed by atoms with van der Waals surface area (Å²) in [7, 11) is 3.74. The lowest BCUT2D eigenvalue weighted by Crippen LogP contribution is -2.10. The predicted molar refractivity (Wildman–Crippen MR) is 84.1 cm³/mol. The SMILES string of the molecule is CN(C)Cc1sc(NS(=O)[O-])nc1-c1cccc([N+](=O)[O-])c1. The molecule has 2 rings (SSSR count). The Labute approximate surface area is 133 Å². The highest BCUT2D eigenvalue weighted by Gasteiger charge is 2.16. The van der Waals surface area contributed by atoms with Crippen LogP contribution in [-0.2, 0) is 17.8 Å². The van der Waals surface area contributed by atoms with Gasteiger partial charge >= 0.3 is 0 Å². The first kappa shape index (κ1) is 16.5. The van der Waals surface area contributed by atoms with Crippen LogP contribution in [0, 0.1) is 10.1 Å². The van der Waals surface area contributed by atoms with Crippen LogP contribution in [0.5, 0.6) is 0 Å². The van der Waals surface area contributed by atoms with Crippen molar-refractivity contribution < 1.29 is 13.7 Å². The summed E-state index contributed by atoms with van der Waals surface area (Å²) >= 11 is -1.27. The lowest BCUT2D eigenvalue weighted by molar-refractivity contribution is -0.384. The van der Waals surface area contributed by atoms with E-state index in [9.17, 15) is 18.9 Å². The van der Waals surface area contributed by atoms with Gasteiger partial charge in [0.05, 0.1) is 10.6 Å². The Morgan fingerprint density at radius 3 is 2.77 bits per heavy atom. The third kappa shape index (κ3) is 4.07. The minimum Gasteiger partial charge on any atom is -0.755 e. The molecule has 0 spiro atoms. The molecule has 1 atom stereocenters. The van der Waals surface area contributed by atoms with Crippen molar-refractivity contribution in [3.63, 3.8) is 0 Å². The number of non-ortho nitro benzene ring substituents is 1. The number of anilines is 1. The Hall–Kier alpha value is -1.88. The Kier molecular flexibility index (Phi) is 5.19. The van der Waals surface area contributed by atoms with Crippen LogP contribution in [-0.4, -0.2) is 37.7 Å². The van der Waals surface area contributed by atoms with Crippen molar-refractivity contribution in [2.24, 2.45) is 0 Å². The number of thiazole rings is 1. The molecule has 0 aliphatic carbocycles. The van der Waals surface area contributed by atoms with Gasteiger partial charge in [0.15, 0.2) is 5.13 Å². The van der Waals surface area contributed by atoms with Gasteiger partial charge in [-0.1, -0.05) is 23.5 Å². The Balaban J connectivity index is 2.47. The standard InChI is InChI=1S/C12H14N4O4S2/c1-15(2)7-10-11(13-12(21-10)14-22(19)20)8-4-3-5-9(6-8)16(17)18/h3-6H,7H2,1-2H3,(H,13,14)(H,19,20)/p-1. The van der Waals surface area contributed by atoms with Crippen molar-refractivity contribution in [3.8, 4) is 11.3 Å². The van der Waals surface area contributed by atoms with Crippen molar-refractivity contribution in [1.82, 2.24) is 9.88 Å². The molecule has 0 saturated carbocycles. The fourth-order valence-electron chi connectivity index (χ4n) is 1.85. The summed E-state index contributed by atoms with van der Waals surface area (Å²) in [5.41, 5.74) is 1.07. The van der Waals surface area contributed by atoms with Gasteiger partial charge in [-0.2, -0.15) is 0 Å². The van der Waals surface area contributed by atoms with E-state index in [-0.39, 0.29) is 10.8 Å². The lowest BCUT2D eigenvalue weighted by atomic mass is 10.1. The number of nitro benzene ring substituents is 1. The van der Waals surface area contributed by atoms with Gasteiger partial charge in [0.25, 0.3) is 5.69 Å². The molecule has 0 saturated heterocycles. The van der Waals surface area contributed by atoms with Crippen LogP contribution in [0.1, 0.15) is 4.88 Å². The Morgan fingerprint density at radius 2 is 2.18 bits per heavy atom. The molecule has 0 aliphatic heterocycles. The Bertz CT molecular complexity index is 717. The zero-order chi connectivity index (χ0) is 16.3. The first-order valence-corrected chi connectivity index (χ1v) is 8.01. The summed E-state index contributed by atoms with van der Waals surface area (Å²) in [5.74, 6) is 0. The van der Waals surface area contributed by atoms with Gasteiger partial charge in [-0.25, -0.2) is 4.98 Å². The normalized spacial score (nSPS) is 12.4. The van der Waals surface area contributed by atoms with Crippen LogP contribution in [0.3, 0.4) is 0 Å². The summed E-state index contributed by atoms with van der Waals surface area (Å²) < 4.78 is 23.7. The molecule has 0 radical (unpaired) electrons. The van der Waals surface area contributed by atoms with Gasteiger partial charge in [-0.15, -0.1) is 0 Å². The average molecular weight is 341 g/mol. The fraction of sp³-hybridized carbons (Fsp3) is 0.250. The van der Waals surface area contributed by atoms with Crippen LogP contribution in [0.4, 0.5) is 10.8 Å². The molecule has 0 fully saturated rings. The molecule has 1 N–H and O–H groups in total. The quantitative estimate of drug-likeness (QED) is 0.488. The van der Waals surface area contributed by atoms with E-state index in [2.05, 4.69) is 9.71 Å². The smallest absolute Gasteiger partial charge is 0.270 e. The number of nitrogens with zero attached hydrogens (tertiary/aromatic N) is 3. The average Bonchev–Trinajstić information content (AvgIpc) is 2.79. The van der Waals surface area contributed by atoms with E-state index >= 15 is 0 Å². The van der Waals surface area contributed by atoms with Crippen LogP contribution in [0.25, 0.3) is 11.3 Å². The van der Waals surface area contributed by atoms with Crippen molar-refractivity contribution >= 4 is 33.4 Å². The maximum atomic E-state index is 10.9. The molecule has 22 heavy (non-hydrogen) atoms. The summed E-state index contributed by atoms with van der Waals surface area (Å²) in [6.07, 6.45) is 0. The molecule has 118 valence electrons. The number of benzene rings is 1. The van der Waals surface area contributed by atoms with E-state index in [1.54, 1.807) is 12.1 Å². The summed E-state index contributed by atoms with van der Waals surface area (Å²) in [4.78, 5) is 17.4. The first-order valence-electron chi connectivity index (χ1n) is 6.12. The number of aromatic nitrogens is 1. The zero-order valence-corrected chi connectivity index (χ0v) is 13.4. The zero-order valence-electron chi connectivity index (χ0n) is 11.8. The highest BCUT2D eigenvalue weighted by Crippen LogP contribution is 2.33. The molecule has 1 aromatic carbocycles. The van der Waals surface area contributed by atoms with Gasteiger partial charge in [0, 0.05) is 40.4 Å². The summed E-state index contributed by atoms with van der Waals surface area (Å²) in [6, 6.07) is 6.10. The highest BCUT2D eigenvalue weighted by atomic mass is 32.2. The van der Waals surface area contributed by atoms with E-state index in [4.69, 9.17) is 0 Å². The van der Waals surface area contributed by atoms with E-state index in [1.165, 1.54) is 23.5 Å². The van der Waals surface area contributed by atoms with Crippen LogP contribution in [0.2, 0.25) is 0 Å². The molecule has 2 aromatic rings. The molecule has 0 aliphatic rings. The van der Waals surface area contributed by atoms with Crippen LogP contribution in [0.15, 0.2) is 24.3 Å². The molecule has 8 nitrogen and oxygen atoms in total. The van der Waals surface area contributed by atoms with E-state index < -0.39 is 16.2 Å². The van der Waals surface area contributed by atoms with Crippen molar-refractivity contribution in [2.45, 2.75) is 6.54 Å². The van der Waals surface area contributed by atoms with Gasteiger partial charge in [-0.05, 0) is 14.1 Å². The molecule has 1 aromatic heterocycles. The van der Waals surface area contributed by atoms with E-state index in [1.807, 2.05) is 19.0 Å². The van der Waals surface area contributed by atoms with Gasteiger partial charge in [0.2, 0.25) is 0 Å². The number of rotatable bonds is 6. The summed E-state index contributed by atoms with van der Waals surface area (Å²) in [6.45, 7) is 0.545. The number of nitrogens with one attached hydrogen (secondary N) is 1. The monoisotopic (exact) mass is 341 g/mol. The summed E-state index contributed by atoms with van der Waals surface area (Å²) in [5, 5.41) is 11.1. The van der Waals surface area contributed by atoms with Gasteiger partial charge < -0.3 is 9.45 Å². The molecule has 0 amide bonds. The van der Waals surface area contributed by atoms with Crippen molar-refractivity contribution in [2.75, 3.05) is 18.8 Å². The first-order chi connectivity index (χ1) is 10.4. The molecule has 10 heteroatoms. The third-order valence-corrected chi connectivity index (χ3v) is 4.10. The van der Waals surface area contributed by atoms with Gasteiger partial charge in [0.1, 0.15) is 0 Å². The van der Waals surface area contributed by atoms with Crippen LogP contribution >= 0.6 is 11.3 Å². The molecule has 0 bridgehead atoms. The second-order valence-electron chi connectivity index (χ2n) is 4.67. The molecule has 1 unspecified atom stereocenters. The minimum absolute atomic E-state index is 0.0387. The lowest BCUT2D eigenvalue weighted by Gasteiger charge is -2.08. The number of nitro groups is 1. The van der Waals surface area contributed by atoms with Crippen molar-refractivity contribution in [3.05, 3.63) is 39.3 Å². The molecule has 1 heterocycles. The minimum atomic E-state index is -2.47. The predicted octanol–water partition coefficient (Wildman–Crippen LogP) is 1.99. The Morgan fingerprint density at radius 1 is 1.45 bits per heavy atom. The second-order valence-corrected chi connectivity index (χ2v) is 6.43. The maximum absolute atomic E-state index is 10.9.